The van der Waals surface area contributed by atoms with E-state index in [4.69, 9.17) is 0 Å². The van der Waals surface area contributed by atoms with Gasteiger partial charge in [0.2, 0.25) is 0 Å². The second kappa shape index (κ2) is 11.7. The van der Waals surface area contributed by atoms with Crippen LogP contribution in [0.25, 0.3) is 0 Å². The van der Waals surface area contributed by atoms with Crippen LogP contribution in [-0.4, -0.2) is 23.2 Å². The lowest BCUT2D eigenvalue weighted by Crippen LogP contribution is -2.40. The minimum Gasteiger partial charge on any atom is -0.272 e. The number of aryl methyl sites for hydroxylation is 2. The van der Waals surface area contributed by atoms with E-state index in [9.17, 15) is 9.59 Å². The van der Waals surface area contributed by atoms with Crippen molar-refractivity contribution in [3.8, 4) is 0 Å². The lowest BCUT2D eigenvalue weighted by Gasteiger charge is -2.14. The second-order valence-corrected chi connectivity index (χ2v) is 8.32. The van der Waals surface area contributed by atoms with Crippen LogP contribution in [-0.2, 0) is 16.0 Å². The Bertz CT molecular complexity index is 1110. The summed E-state index contributed by atoms with van der Waals surface area (Å²) in [4.78, 5) is 26.0. The van der Waals surface area contributed by atoms with Crippen LogP contribution in [0.1, 0.15) is 41.7 Å². The molecule has 0 atom stereocenters. The summed E-state index contributed by atoms with van der Waals surface area (Å²) in [5, 5.41) is 8.44. The molecule has 0 saturated carbocycles. The summed E-state index contributed by atoms with van der Waals surface area (Å²) in [6.07, 6.45) is 0.233. The van der Waals surface area contributed by atoms with E-state index in [1.165, 1.54) is 0 Å². The molecule has 0 unspecified atom stereocenters. The first-order chi connectivity index (χ1) is 16.3. The molecule has 3 aromatic rings. The fourth-order valence-electron chi connectivity index (χ4n) is 3.31. The maximum Gasteiger partial charge on any atom is 0.253 e. The Morgan fingerprint density at radius 2 is 1.09 bits per heavy atom. The number of hydrazone groups is 2. The van der Waals surface area contributed by atoms with Crippen LogP contribution < -0.4 is 10.9 Å². The highest BCUT2D eigenvalue weighted by molar-refractivity contribution is 6.04. The molecular weight excluding hydrogens is 424 g/mol. The molecule has 0 saturated heterocycles. The summed E-state index contributed by atoms with van der Waals surface area (Å²) >= 11 is 0. The van der Waals surface area contributed by atoms with Crippen molar-refractivity contribution < 1.29 is 9.59 Å². The van der Waals surface area contributed by atoms with Gasteiger partial charge in [0.05, 0.1) is 11.4 Å². The van der Waals surface area contributed by atoms with Gasteiger partial charge in [0, 0.05) is 0 Å². The summed E-state index contributed by atoms with van der Waals surface area (Å²) in [6, 6.07) is 25.1. The normalized spacial score (nSPS) is 12.7. The van der Waals surface area contributed by atoms with E-state index in [0.29, 0.717) is 11.4 Å². The largest absolute Gasteiger partial charge is 0.272 e. The van der Waals surface area contributed by atoms with Gasteiger partial charge in [-0.15, -0.1) is 0 Å². The molecule has 2 N–H and O–H groups in total. The van der Waals surface area contributed by atoms with Crippen molar-refractivity contribution in [1.29, 1.82) is 0 Å². The van der Waals surface area contributed by atoms with Crippen LogP contribution in [0.15, 0.2) is 89.1 Å². The maximum absolute atomic E-state index is 13.0. The number of rotatable bonds is 8. The zero-order chi connectivity index (χ0) is 24.5. The van der Waals surface area contributed by atoms with E-state index in [0.717, 1.165) is 27.8 Å². The van der Waals surface area contributed by atoms with Crippen LogP contribution in [0.3, 0.4) is 0 Å². The average molecular weight is 455 g/mol. The van der Waals surface area contributed by atoms with Crippen molar-refractivity contribution in [2.45, 2.75) is 34.1 Å². The third-order valence-electron chi connectivity index (χ3n) is 5.52. The molecule has 6 heteroatoms. The van der Waals surface area contributed by atoms with Gasteiger partial charge >= 0.3 is 0 Å². The molecule has 0 aliphatic rings. The summed E-state index contributed by atoms with van der Waals surface area (Å²) in [5.41, 5.74) is 11.4. The van der Waals surface area contributed by atoms with Gasteiger partial charge in [0.25, 0.3) is 11.8 Å². The van der Waals surface area contributed by atoms with Gasteiger partial charge in [0.15, 0.2) is 0 Å². The van der Waals surface area contributed by atoms with Crippen LogP contribution in [0.2, 0.25) is 0 Å². The molecule has 0 spiro atoms. The number of carbonyl (C=O) groups excluding carboxylic acids is 2. The Balaban J connectivity index is 1.75. The van der Waals surface area contributed by atoms with E-state index in [2.05, 4.69) is 21.1 Å². The topological polar surface area (TPSA) is 82.9 Å². The minimum atomic E-state index is -0.994. The zero-order valence-corrected chi connectivity index (χ0v) is 20.0. The molecule has 3 rings (SSSR count). The first-order valence-electron chi connectivity index (χ1n) is 11.2. The highest BCUT2D eigenvalue weighted by atomic mass is 16.2. The second-order valence-electron chi connectivity index (χ2n) is 8.32. The van der Waals surface area contributed by atoms with Gasteiger partial charge in [-0.1, -0.05) is 90.0 Å². The van der Waals surface area contributed by atoms with E-state index in [1.807, 2.05) is 107 Å². The van der Waals surface area contributed by atoms with Gasteiger partial charge in [-0.2, -0.15) is 10.2 Å². The quantitative estimate of drug-likeness (QED) is 0.298. The van der Waals surface area contributed by atoms with Crippen LogP contribution in [0.4, 0.5) is 0 Å². The molecule has 0 fully saturated rings. The van der Waals surface area contributed by atoms with Crippen molar-refractivity contribution in [2.75, 3.05) is 0 Å². The highest BCUT2D eigenvalue weighted by Gasteiger charge is 2.27. The summed E-state index contributed by atoms with van der Waals surface area (Å²) < 4.78 is 0. The van der Waals surface area contributed by atoms with Crippen molar-refractivity contribution in [1.82, 2.24) is 10.9 Å². The Hall–Kier alpha value is -4.06. The van der Waals surface area contributed by atoms with Gasteiger partial charge in [-0.05, 0) is 50.8 Å². The molecule has 6 nitrogen and oxygen atoms in total. The molecule has 0 heterocycles. The summed E-state index contributed by atoms with van der Waals surface area (Å²) in [5.74, 6) is -1.97. The molecule has 174 valence electrons. The lowest BCUT2D eigenvalue weighted by molar-refractivity contribution is -0.135. The Morgan fingerprint density at radius 3 is 1.50 bits per heavy atom. The maximum atomic E-state index is 13.0. The van der Waals surface area contributed by atoms with Gasteiger partial charge < -0.3 is 0 Å². The summed E-state index contributed by atoms with van der Waals surface area (Å²) in [7, 11) is 0. The predicted molar refractivity (Wildman–Crippen MR) is 137 cm³/mol. The fraction of sp³-hybridized carbons (Fsp3) is 0.214. The molecule has 0 aliphatic heterocycles. The first kappa shape index (κ1) is 24.6. The molecule has 0 radical (unpaired) electrons. The molecule has 0 bridgehead atoms. The molecular formula is C28H30N4O2. The molecule has 3 aromatic carbocycles. The van der Waals surface area contributed by atoms with Gasteiger partial charge in [0.1, 0.15) is 5.92 Å². The van der Waals surface area contributed by atoms with Crippen LogP contribution in [0, 0.1) is 19.8 Å². The van der Waals surface area contributed by atoms with Crippen molar-refractivity contribution >= 4 is 23.2 Å². The zero-order valence-electron chi connectivity index (χ0n) is 20.0. The molecule has 34 heavy (non-hydrogen) atoms. The smallest absolute Gasteiger partial charge is 0.253 e. The third kappa shape index (κ3) is 6.97. The standard InChI is InChI=1S/C28H30N4O2/c1-19-10-14-24(15-11-19)21(3)29-31-27(33)26(18-23-8-6-5-7-9-23)28(34)32-30-22(4)25-16-12-20(2)13-17-25/h5-17,26H,18H2,1-4H3,(H,31,33)(H,32,34). The SMILES string of the molecule is CC(=NNC(=O)C(Cc1ccccc1)C(=O)NN=C(C)c1ccc(C)cc1)c1ccc(C)cc1. The van der Waals surface area contributed by atoms with Gasteiger partial charge in [-0.3, -0.25) is 9.59 Å². The van der Waals surface area contributed by atoms with E-state index in [-0.39, 0.29) is 6.42 Å². The van der Waals surface area contributed by atoms with Crippen LogP contribution >= 0.6 is 0 Å². The van der Waals surface area contributed by atoms with Crippen molar-refractivity contribution in [3.05, 3.63) is 107 Å². The monoisotopic (exact) mass is 454 g/mol. The third-order valence-corrected chi connectivity index (χ3v) is 5.52. The van der Waals surface area contributed by atoms with E-state index >= 15 is 0 Å². The Labute approximate surface area is 200 Å². The number of hydrogen-bond donors (Lipinski definition) is 2. The first-order valence-corrected chi connectivity index (χ1v) is 11.2. The minimum absolute atomic E-state index is 0.233. The molecule has 2 amide bonds. The van der Waals surface area contributed by atoms with E-state index < -0.39 is 17.7 Å². The van der Waals surface area contributed by atoms with E-state index in [1.54, 1.807) is 0 Å². The van der Waals surface area contributed by atoms with Crippen molar-refractivity contribution in [2.24, 2.45) is 16.1 Å². The fourth-order valence-corrected chi connectivity index (χ4v) is 3.31. The van der Waals surface area contributed by atoms with Gasteiger partial charge in [-0.25, -0.2) is 10.9 Å². The number of nitrogens with one attached hydrogen (secondary N) is 2. The summed E-state index contributed by atoms with van der Waals surface area (Å²) in [6.45, 7) is 7.64. The predicted octanol–water partition coefficient (Wildman–Crippen LogP) is 4.54. The molecule has 0 aromatic heterocycles. The van der Waals surface area contributed by atoms with Crippen LogP contribution in [0.5, 0.6) is 0 Å². The van der Waals surface area contributed by atoms with Crippen molar-refractivity contribution in [3.63, 3.8) is 0 Å². The number of carbonyl (C=O) groups is 2. The Kier molecular flexibility index (Phi) is 8.46. The Morgan fingerprint density at radius 1 is 0.676 bits per heavy atom. The average Bonchev–Trinajstić information content (AvgIpc) is 2.85. The lowest BCUT2D eigenvalue weighted by atomic mass is 9.98. The number of nitrogens with zero attached hydrogens (tertiary/aromatic N) is 2. The number of benzene rings is 3. The number of hydrogen-bond acceptors (Lipinski definition) is 4. The number of amides is 2. The highest BCUT2D eigenvalue weighted by Crippen LogP contribution is 2.11. The molecule has 0 aliphatic carbocycles.